The molecule has 1 saturated heterocycles. The molecule has 1 aliphatic heterocycles. The van der Waals surface area contributed by atoms with Crippen LogP contribution >= 0.6 is 27.5 Å². The highest BCUT2D eigenvalue weighted by Crippen LogP contribution is 2.25. The van der Waals surface area contributed by atoms with Crippen molar-refractivity contribution < 1.29 is 4.79 Å². The molecule has 3 nitrogen and oxygen atoms in total. The SMILES string of the molecule is CC1(CNC(=O)c2ccc(Cl)c(Br)c2)CCCNC1. The lowest BCUT2D eigenvalue weighted by Crippen LogP contribution is -2.45. The largest absolute Gasteiger partial charge is 0.351 e. The van der Waals surface area contributed by atoms with Gasteiger partial charge in [0, 0.05) is 23.1 Å². The van der Waals surface area contributed by atoms with E-state index in [1.807, 2.05) is 0 Å². The van der Waals surface area contributed by atoms with Crippen molar-refractivity contribution in [1.82, 2.24) is 10.6 Å². The number of hydrogen-bond acceptors (Lipinski definition) is 2. The lowest BCUT2D eigenvalue weighted by Gasteiger charge is -2.34. The van der Waals surface area contributed by atoms with Crippen LogP contribution < -0.4 is 10.6 Å². The van der Waals surface area contributed by atoms with E-state index in [-0.39, 0.29) is 11.3 Å². The van der Waals surface area contributed by atoms with Crippen molar-refractivity contribution in [2.24, 2.45) is 5.41 Å². The summed E-state index contributed by atoms with van der Waals surface area (Å²) < 4.78 is 0.743. The molecule has 1 fully saturated rings. The van der Waals surface area contributed by atoms with Crippen LogP contribution in [0.5, 0.6) is 0 Å². The van der Waals surface area contributed by atoms with Gasteiger partial charge in [-0.25, -0.2) is 0 Å². The van der Waals surface area contributed by atoms with E-state index >= 15 is 0 Å². The molecule has 1 aliphatic rings. The van der Waals surface area contributed by atoms with Crippen LogP contribution in [-0.2, 0) is 0 Å². The van der Waals surface area contributed by atoms with Crippen molar-refractivity contribution >= 4 is 33.4 Å². The Kier molecular flexibility index (Phi) is 4.87. The quantitative estimate of drug-likeness (QED) is 0.883. The van der Waals surface area contributed by atoms with Crippen molar-refractivity contribution in [2.75, 3.05) is 19.6 Å². The number of hydrogen-bond donors (Lipinski definition) is 2. The zero-order valence-electron chi connectivity index (χ0n) is 10.9. The molecule has 1 aromatic rings. The van der Waals surface area contributed by atoms with Gasteiger partial charge in [0.05, 0.1) is 5.02 Å². The Morgan fingerprint density at radius 3 is 3.00 bits per heavy atom. The first-order valence-corrected chi connectivity index (χ1v) is 7.61. The number of rotatable bonds is 3. The van der Waals surface area contributed by atoms with E-state index in [0.29, 0.717) is 17.1 Å². The summed E-state index contributed by atoms with van der Waals surface area (Å²) in [5.41, 5.74) is 0.779. The van der Waals surface area contributed by atoms with Crippen LogP contribution in [0, 0.1) is 5.41 Å². The lowest BCUT2D eigenvalue weighted by atomic mass is 9.83. The molecule has 5 heteroatoms. The fraction of sp³-hybridized carbons (Fsp3) is 0.500. The smallest absolute Gasteiger partial charge is 0.251 e. The van der Waals surface area contributed by atoms with E-state index < -0.39 is 0 Å². The van der Waals surface area contributed by atoms with Gasteiger partial charge in [-0.1, -0.05) is 18.5 Å². The highest BCUT2D eigenvalue weighted by atomic mass is 79.9. The number of benzene rings is 1. The number of carbonyl (C=O) groups is 1. The van der Waals surface area contributed by atoms with Crippen molar-refractivity contribution in [2.45, 2.75) is 19.8 Å². The molecule has 104 valence electrons. The Labute approximate surface area is 127 Å². The Bertz CT molecular complexity index is 473. The highest BCUT2D eigenvalue weighted by Gasteiger charge is 2.27. The fourth-order valence-electron chi connectivity index (χ4n) is 2.30. The summed E-state index contributed by atoms with van der Waals surface area (Å²) in [6.07, 6.45) is 2.31. The number of halogens is 2. The molecule has 0 spiro atoms. The first kappa shape index (κ1) is 14.8. The maximum Gasteiger partial charge on any atom is 0.251 e. The van der Waals surface area contributed by atoms with Crippen LogP contribution in [0.25, 0.3) is 0 Å². The van der Waals surface area contributed by atoms with Crippen LogP contribution in [0.4, 0.5) is 0 Å². The molecule has 0 radical (unpaired) electrons. The second-order valence-electron chi connectivity index (χ2n) is 5.40. The molecule has 1 aromatic carbocycles. The van der Waals surface area contributed by atoms with Gasteiger partial charge >= 0.3 is 0 Å². The summed E-state index contributed by atoms with van der Waals surface area (Å²) >= 11 is 9.25. The number of amides is 1. The van der Waals surface area contributed by atoms with Crippen molar-refractivity contribution in [3.8, 4) is 0 Å². The van der Waals surface area contributed by atoms with Gasteiger partial charge in [0.2, 0.25) is 0 Å². The number of carbonyl (C=O) groups excluding carboxylic acids is 1. The van der Waals surface area contributed by atoms with Crippen LogP contribution in [0.15, 0.2) is 22.7 Å². The summed E-state index contributed by atoms with van der Waals surface area (Å²) in [6, 6.07) is 5.22. The molecular formula is C14H18BrClN2O. The first-order chi connectivity index (χ1) is 9.00. The maximum absolute atomic E-state index is 12.1. The second-order valence-corrected chi connectivity index (χ2v) is 6.66. The summed E-state index contributed by atoms with van der Waals surface area (Å²) in [6.45, 7) is 4.93. The van der Waals surface area contributed by atoms with Crippen molar-refractivity contribution in [3.05, 3.63) is 33.3 Å². The summed E-state index contributed by atoms with van der Waals surface area (Å²) in [5.74, 6) is -0.0517. The van der Waals surface area contributed by atoms with E-state index in [9.17, 15) is 4.79 Å². The zero-order valence-corrected chi connectivity index (χ0v) is 13.3. The number of nitrogens with one attached hydrogen (secondary N) is 2. The van der Waals surface area contributed by atoms with Crippen LogP contribution in [-0.4, -0.2) is 25.5 Å². The lowest BCUT2D eigenvalue weighted by molar-refractivity contribution is 0.0924. The van der Waals surface area contributed by atoms with E-state index in [4.69, 9.17) is 11.6 Å². The fourth-order valence-corrected chi connectivity index (χ4v) is 2.80. The van der Waals surface area contributed by atoms with Gasteiger partial charge in [0.25, 0.3) is 5.91 Å². The third-order valence-corrected chi connectivity index (χ3v) is 4.76. The average molecular weight is 346 g/mol. The van der Waals surface area contributed by atoms with Crippen LogP contribution in [0.1, 0.15) is 30.1 Å². The molecule has 1 unspecified atom stereocenters. The molecule has 19 heavy (non-hydrogen) atoms. The Morgan fingerprint density at radius 2 is 2.37 bits per heavy atom. The Balaban J connectivity index is 1.95. The topological polar surface area (TPSA) is 41.1 Å². The minimum atomic E-state index is -0.0517. The minimum Gasteiger partial charge on any atom is -0.351 e. The van der Waals surface area contributed by atoms with Crippen LogP contribution in [0.2, 0.25) is 5.02 Å². The van der Waals surface area contributed by atoms with E-state index in [1.165, 1.54) is 6.42 Å². The van der Waals surface area contributed by atoms with E-state index in [0.717, 1.165) is 24.0 Å². The predicted octanol–water partition coefficient (Wildman–Crippen LogP) is 3.22. The molecule has 1 amide bonds. The second kappa shape index (κ2) is 6.25. The molecule has 0 aromatic heterocycles. The van der Waals surface area contributed by atoms with Gasteiger partial charge in [-0.15, -0.1) is 0 Å². The summed E-state index contributed by atoms with van der Waals surface area (Å²) in [7, 11) is 0. The molecule has 2 N–H and O–H groups in total. The third kappa shape index (κ3) is 3.94. The van der Waals surface area contributed by atoms with Gasteiger partial charge in [-0.3, -0.25) is 4.79 Å². The average Bonchev–Trinajstić information content (AvgIpc) is 2.40. The summed E-state index contributed by atoms with van der Waals surface area (Å²) in [5, 5.41) is 7.00. The van der Waals surface area contributed by atoms with E-state index in [2.05, 4.69) is 33.5 Å². The maximum atomic E-state index is 12.1. The van der Waals surface area contributed by atoms with Crippen LogP contribution in [0.3, 0.4) is 0 Å². The molecule has 2 rings (SSSR count). The van der Waals surface area contributed by atoms with Crippen molar-refractivity contribution in [1.29, 1.82) is 0 Å². The van der Waals surface area contributed by atoms with Gasteiger partial charge in [-0.2, -0.15) is 0 Å². The highest BCUT2D eigenvalue weighted by molar-refractivity contribution is 9.10. The standard InChI is InChI=1S/C14H18BrClN2O/c1-14(5-2-6-17-8-14)9-18-13(19)10-3-4-12(16)11(15)7-10/h3-4,7,17H,2,5-6,8-9H2,1H3,(H,18,19). The normalized spacial score (nSPS) is 23.1. The molecule has 1 heterocycles. The Morgan fingerprint density at radius 1 is 1.58 bits per heavy atom. The van der Waals surface area contributed by atoms with Gasteiger partial charge in [0.1, 0.15) is 0 Å². The molecule has 0 bridgehead atoms. The zero-order chi connectivity index (χ0) is 13.9. The van der Waals surface area contributed by atoms with E-state index in [1.54, 1.807) is 18.2 Å². The summed E-state index contributed by atoms with van der Waals surface area (Å²) in [4.78, 5) is 12.1. The van der Waals surface area contributed by atoms with Crippen molar-refractivity contribution in [3.63, 3.8) is 0 Å². The molecular weight excluding hydrogens is 328 g/mol. The molecule has 0 saturated carbocycles. The predicted molar refractivity (Wildman–Crippen MR) is 81.7 cm³/mol. The molecule has 1 atom stereocenters. The monoisotopic (exact) mass is 344 g/mol. The number of piperidine rings is 1. The Hall–Kier alpha value is -0.580. The van der Waals surface area contributed by atoms with Gasteiger partial charge < -0.3 is 10.6 Å². The molecule has 0 aliphatic carbocycles. The third-order valence-electron chi connectivity index (χ3n) is 3.54. The van der Waals surface area contributed by atoms with Gasteiger partial charge in [-0.05, 0) is 58.9 Å². The van der Waals surface area contributed by atoms with Gasteiger partial charge in [0.15, 0.2) is 0 Å². The minimum absolute atomic E-state index is 0.0517. The first-order valence-electron chi connectivity index (χ1n) is 6.44.